The maximum atomic E-state index is 12.2. The first kappa shape index (κ1) is 21.4. The van der Waals surface area contributed by atoms with E-state index in [1.165, 1.54) is 0 Å². The predicted octanol–water partition coefficient (Wildman–Crippen LogP) is 2.43. The highest BCUT2D eigenvalue weighted by molar-refractivity contribution is 5.93. The number of hydrogen-bond donors (Lipinski definition) is 3. The molecule has 1 fully saturated rings. The smallest absolute Gasteiger partial charge is 0.247 e. The Kier molecular flexibility index (Phi) is 8.54. The molecule has 0 saturated carbocycles. The lowest BCUT2D eigenvalue weighted by molar-refractivity contribution is -0.190. The molecule has 1 aliphatic heterocycles. The Balaban J connectivity index is 2.08. The molecule has 3 atom stereocenters. The second-order valence-corrected chi connectivity index (χ2v) is 7.43. The molecule has 26 heavy (non-hydrogen) atoms. The van der Waals surface area contributed by atoms with Crippen molar-refractivity contribution in [1.29, 1.82) is 0 Å². The number of amides is 1. The number of carbonyl (C=O) groups is 1. The van der Waals surface area contributed by atoms with Crippen LogP contribution in [-0.2, 0) is 14.3 Å². The SMILES string of the molecule is CCCCCC1(CCCCC)O[C@H]2[C@H](O)CC(C(=O)NCCO)=C[C@H]2O1. The monoisotopic (exact) mass is 369 g/mol. The van der Waals surface area contributed by atoms with Gasteiger partial charge in [0, 0.05) is 31.4 Å². The van der Waals surface area contributed by atoms with E-state index in [2.05, 4.69) is 19.2 Å². The van der Waals surface area contributed by atoms with Gasteiger partial charge in [0.05, 0.1) is 12.7 Å². The number of aliphatic hydroxyl groups is 2. The summed E-state index contributed by atoms with van der Waals surface area (Å²) in [7, 11) is 0. The number of carbonyl (C=O) groups excluding carboxylic acids is 1. The van der Waals surface area contributed by atoms with Gasteiger partial charge in [0.15, 0.2) is 5.79 Å². The highest BCUT2D eigenvalue weighted by atomic mass is 16.8. The average Bonchev–Trinajstić information content (AvgIpc) is 2.99. The zero-order valence-electron chi connectivity index (χ0n) is 16.2. The van der Waals surface area contributed by atoms with E-state index in [-0.39, 0.29) is 25.5 Å². The first-order valence-corrected chi connectivity index (χ1v) is 10.2. The largest absolute Gasteiger partial charge is 0.395 e. The van der Waals surface area contributed by atoms with Crippen molar-refractivity contribution in [2.24, 2.45) is 0 Å². The molecule has 0 spiro atoms. The van der Waals surface area contributed by atoms with E-state index in [4.69, 9.17) is 14.6 Å². The van der Waals surface area contributed by atoms with Crippen LogP contribution in [0.25, 0.3) is 0 Å². The van der Waals surface area contributed by atoms with E-state index in [1.807, 2.05) is 0 Å². The molecule has 1 aliphatic carbocycles. The molecule has 2 aliphatic rings. The number of aliphatic hydroxyl groups excluding tert-OH is 2. The molecule has 0 unspecified atom stereocenters. The lowest BCUT2D eigenvalue weighted by Crippen LogP contribution is -2.41. The van der Waals surface area contributed by atoms with Crippen LogP contribution in [0.2, 0.25) is 0 Å². The third-order valence-electron chi connectivity index (χ3n) is 5.21. The molecule has 1 heterocycles. The Morgan fingerprint density at radius 3 is 2.42 bits per heavy atom. The van der Waals surface area contributed by atoms with E-state index in [1.54, 1.807) is 6.08 Å². The molecule has 1 amide bonds. The number of ether oxygens (including phenoxy) is 2. The zero-order valence-corrected chi connectivity index (χ0v) is 16.2. The van der Waals surface area contributed by atoms with Crippen LogP contribution >= 0.6 is 0 Å². The number of hydrogen-bond acceptors (Lipinski definition) is 5. The second kappa shape index (κ2) is 10.4. The van der Waals surface area contributed by atoms with E-state index in [0.717, 1.165) is 51.4 Å². The minimum Gasteiger partial charge on any atom is -0.395 e. The van der Waals surface area contributed by atoms with Gasteiger partial charge in [-0.15, -0.1) is 0 Å². The summed E-state index contributed by atoms with van der Waals surface area (Å²) in [4.78, 5) is 12.2. The van der Waals surface area contributed by atoms with Crippen LogP contribution in [0.1, 0.15) is 71.6 Å². The molecule has 0 aromatic rings. The molecule has 0 bridgehead atoms. The van der Waals surface area contributed by atoms with Crippen molar-refractivity contribution in [1.82, 2.24) is 5.32 Å². The quantitative estimate of drug-likeness (QED) is 0.487. The van der Waals surface area contributed by atoms with Gasteiger partial charge in [0.1, 0.15) is 12.2 Å². The van der Waals surface area contributed by atoms with Crippen LogP contribution in [0.4, 0.5) is 0 Å². The third kappa shape index (κ3) is 5.52. The van der Waals surface area contributed by atoms with E-state index >= 15 is 0 Å². The fourth-order valence-electron chi connectivity index (χ4n) is 3.79. The summed E-state index contributed by atoms with van der Waals surface area (Å²) in [5, 5.41) is 22.0. The molecular weight excluding hydrogens is 334 g/mol. The van der Waals surface area contributed by atoms with Crippen LogP contribution < -0.4 is 5.32 Å². The number of fused-ring (bicyclic) bond motifs is 1. The van der Waals surface area contributed by atoms with Crippen LogP contribution in [0.5, 0.6) is 0 Å². The van der Waals surface area contributed by atoms with E-state index < -0.39 is 24.1 Å². The Morgan fingerprint density at radius 2 is 1.85 bits per heavy atom. The number of unbranched alkanes of at least 4 members (excludes halogenated alkanes) is 4. The first-order valence-electron chi connectivity index (χ1n) is 10.2. The molecule has 1 saturated heterocycles. The number of nitrogens with one attached hydrogen (secondary N) is 1. The van der Waals surface area contributed by atoms with Crippen LogP contribution in [0, 0.1) is 0 Å². The lowest BCUT2D eigenvalue weighted by Gasteiger charge is -2.29. The van der Waals surface area contributed by atoms with Gasteiger partial charge in [0.25, 0.3) is 0 Å². The fraction of sp³-hybridized carbons (Fsp3) is 0.850. The van der Waals surface area contributed by atoms with Gasteiger partial charge in [-0.1, -0.05) is 39.5 Å². The summed E-state index contributed by atoms with van der Waals surface area (Å²) in [6.07, 6.45) is 8.74. The minimum absolute atomic E-state index is 0.106. The first-order chi connectivity index (χ1) is 12.5. The molecule has 0 radical (unpaired) electrons. The van der Waals surface area contributed by atoms with Gasteiger partial charge < -0.3 is 25.0 Å². The van der Waals surface area contributed by atoms with Crippen molar-refractivity contribution in [3.8, 4) is 0 Å². The summed E-state index contributed by atoms with van der Waals surface area (Å²) in [6, 6.07) is 0. The normalized spacial score (nSPS) is 27.1. The van der Waals surface area contributed by atoms with Crippen LogP contribution in [-0.4, -0.2) is 53.4 Å². The van der Waals surface area contributed by atoms with Crippen molar-refractivity contribution >= 4 is 5.91 Å². The van der Waals surface area contributed by atoms with Crippen molar-refractivity contribution in [2.75, 3.05) is 13.2 Å². The van der Waals surface area contributed by atoms with Crippen molar-refractivity contribution in [2.45, 2.75) is 95.7 Å². The fourth-order valence-corrected chi connectivity index (χ4v) is 3.79. The highest BCUT2D eigenvalue weighted by Gasteiger charge is 2.50. The van der Waals surface area contributed by atoms with Gasteiger partial charge in [-0.25, -0.2) is 0 Å². The second-order valence-electron chi connectivity index (χ2n) is 7.43. The summed E-state index contributed by atoms with van der Waals surface area (Å²) >= 11 is 0. The molecule has 3 N–H and O–H groups in total. The molecule has 2 rings (SSSR count). The van der Waals surface area contributed by atoms with Crippen molar-refractivity contribution in [3.05, 3.63) is 11.6 Å². The van der Waals surface area contributed by atoms with Crippen molar-refractivity contribution < 1.29 is 24.5 Å². The van der Waals surface area contributed by atoms with E-state index in [0.29, 0.717) is 5.57 Å². The summed E-state index contributed by atoms with van der Waals surface area (Å²) < 4.78 is 12.6. The maximum Gasteiger partial charge on any atom is 0.247 e. The standard InChI is InChI=1S/C20H35NO5/c1-3-5-7-9-20(10-8-6-4-2)25-17-14-15(19(24)21-11-12-22)13-16(23)18(17)26-20/h14,16-18,22-23H,3-13H2,1-2H3,(H,21,24)/t16-,17-,18+/m1/s1. The molecule has 6 heteroatoms. The predicted molar refractivity (Wildman–Crippen MR) is 99.6 cm³/mol. The third-order valence-corrected chi connectivity index (χ3v) is 5.21. The maximum absolute atomic E-state index is 12.2. The van der Waals surface area contributed by atoms with Gasteiger partial charge >= 0.3 is 0 Å². The molecular formula is C20H35NO5. The summed E-state index contributed by atoms with van der Waals surface area (Å²) in [6.45, 7) is 4.44. The highest BCUT2D eigenvalue weighted by Crippen LogP contribution is 2.42. The Morgan fingerprint density at radius 1 is 1.19 bits per heavy atom. The molecule has 0 aromatic carbocycles. The van der Waals surface area contributed by atoms with Crippen LogP contribution in [0.15, 0.2) is 11.6 Å². The number of rotatable bonds is 11. The molecule has 0 aromatic heterocycles. The van der Waals surface area contributed by atoms with Gasteiger partial charge in [-0.05, 0) is 18.9 Å². The van der Waals surface area contributed by atoms with Gasteiger partial charge in [0.2, 0.25) is 5.91 Å². The minimum atomic E-state index is -0.751. The summed E-state index contributed by atoms with van der Waals surface area (Å²) in [5.74, 6) is -0.900. The van der Waals surface area contributed by atoms with E-state index in [9.17, 15) is 9.90 Å². The lowest BCUT2D eigenvalue weighted by atomic mass is 9.92. The Bertz CT molecular complexity index is 469. The van der Waals surface area contributed by atoms with Gasteiger partial charge in [-0.3, -0.25) is 4.79 Å². The molecule has 150 valence electrons. The zero-order chi connectivity index (χ0) is 19.0. The topological polar surface area (TPSA) is 88.0 Å². The van der Waals surface area contributed by atoms with Crippen molar-refractivity contribution in [3.63, 3.8) is 0 Å². The Labute approximate surface area is 156 Å². The average molecular weight is 370 g/mol. The van der Waals surface area contributed by atoms with Gasteiger partial charge in [-0.2, -0.15) is 0 Å². The van der Waals surface area contributed by atoms with Crippen LogP contribution in [0.3, 0.4) is 0 Å². The summed E-state index contributed by atoms with van der Waals surface area (Å²) in [5.41, 5.74) is 0.508. The Hall–Kier alpha value is -0.950. The molecule has 6 nitrogen and oxygen atoms in total.